The van der Waals surface area contributed by atoms with Gasteiger partial charge in [0.15, 0.2) is 11.5 Å². The van der Waals surface area contributed by atoms with Crippen molar-refractivity contribution >= 4 is 27.5 Å². The number of carbonyl (C=O) groups excluding carboxylic acids is 2. The highest BCUT2D eigenvalue weighted by Gasteiger charge is 2.26. The molecule has 0 aromatic heterocycles. The highest BCUT2D eigenvalue weighted by atomic mass is 32.2. The van der Waals surface area contributed by atoms with Gasteiger partial charge in [0.05, 0.1) is 22.8 Å². The summed E-state index contributed by atoms with van der Waals surface area (Å²) in [4.78, 5) is 24.4. The number of aryl methyl sites for hydroxylation is 1. The van der Waals surface area contributed by atoms with Crippen LogP contribution >= 0.6 is 0 Å². The van der Waals surface area contributed by atoms with Crippen LogP contribution in [0.4, 0.5) is 5.69 Å². The minimum Gasteiger partial charge on any atom is -0.494 e. The number of nitrogens with one attached hydrogen (secondary N) is 2. The molecule has 0 unspecified atom stereocenters. The van der Waals surface area contributed by atoms with Crippen molar-refractivity contribution in [3.05, 3.63) is 77.4 Å². The lowest BCUT2D eigenvalue weighted by Crippen LogP contribution is -2.30. The third-order valence-corrected chi connectivity index (χ3v) is 7.91. The topological polar surface area (TPSA) is 144 Å². The first-order valence-electron chi connectivity index (χ1n) is 12.2. The third-order valence-electron chi connectivity index (χ3n) is 6.14. The summed E-state index contributed by atoms with van der Waals surface area (Å²) >= 11 is 0. The number of benzene rings is 3. The van der Waals surface area contributed by atoms with E-state index >= 15 is 0 Å². The fourth-order valence-electron chi connectivity index (χ4n) is 4.07. The van der Waals surface area contributed by atoms with E-state index in [1.54, 1.807) is 54.9 Å². The molecule has 0 fully saturated rings. The molecule has 11 nitrogen and oxygen atoms in total. The maximum atomic E-state index is 13.2. The van der Waals surface area contributed by atoms with Crippen molar-refractivity contribution in [1.82, 2.24) is 10.8 Å². The molecule has 3 aromatic rings. The van der Waals surface area contributed by atoms with Crippen molar-refractivity contribution in [2.75, 3.05) is 31.3 Å². The van der Waals surface area contributed by atoms with Crippen LogP contribution in [0.15, 0.2) is 65.6 Å². The number of sulfonamides is 1. The predicted octanol–water partition coefficient (Wildman–Crippen LogP) is 3.26. The number of para-hydroxylation sites is 1. The first kappa shape index (κ1) is 27.7. The van der Waals surface area contributed by atoms with Crippen LogP contribution in [0, 0.1) is 6.92 Å². The molecule has 1 aliphatic heterocycles. The van der Waals surface area contributed by atoms with Gasteiger partial charge in [-0.3, -0.25) is 19.1 Å². The lowest BCUT2D eigenvalue weighted by molar-refractivity contribution is 0.0707. The molecule has 0 aliphatic carbocycles. The summed E-state index contributed by atoms with van der Waals surface area (Å²) in [7, 11) is -2.65. The molecule has 3 aromatic carbocycles. The van der Waals surface area contributed by atoms with Gasteiger partial charge >= 0.3 is 0 Å². The van der Waals surface area contributed by atoms with Gasteiger partial charge in [0, 0.05) is 19.2 Å². The summed E-state index contributed by atoms with van der Waals surface area (Å²) < 4.78 is 43.8. The first-order valence-corrected chi connectivity index (χ1v) is 13.6. The molecule has 2 amide bonds. The van der Waals surface area contributed by atoms with Crippen LogP contribution in [-0.2, 0) is 10.0 Å². The van der Waals surface area contributed by atoms with Gasteiger partial charge in [0.1, 0.15) is 5.75 Å². The number of rotatable bonds is 11. The number of nitrogens with zero attached hydrogens (tertiary/aromatic N) is 1. The normalized spacial score (nSPS) is 12.1. The van der Waals surface area contributed by atoms with Gasteiger partial charge in [0.25, 0.3) is 21.8 Å². The molecule has 0 saturated heterocycles. The summed E-state index contributed by atoms with van der Waals surface area (Å²) in [5, 5.41) is 11.9. The van der Waals surface area contributed by atoms with E-state index in [0.717, 1.165) is 4.31 Å². The van der Waals surface area contributed by atoms with E-state index in [9.17, 15) is 18.0 Å². The predicted molar refractivity (Wildman–Crippen MR) is 142 cm³/mol. The standard InChI is InChI=1S/C27H29N3O8S/c1-18-6-5-7-22(27(32)29-33)25(18)30(2)39(34,35)21-11-9-20(10-12-21)36-15-4-3-14-28-26(31)19-8-13-23-24(16-19)38-17-37-23/h5-13,16,33H,3-4,14-15,17H2,1-2H3,(H,28,31)(H,29,32). The lowest BCUT2D eigenvalue weighted by atomic mass is 10.1. The molecule has 4 rings (SSSR count). The van der Waals surface area contributed by atoms with E-state index in [1.807, 2.05) is 0 Å². The van der Waals surface area contributed by atoms with E-state index in [0.29, 0.717) is 54.4 Å². The second-order valence-electron chi connectivity index (χ2n) is 8.74. The Morgan fingerprint density at radius 3 is 2.49 bits per heavy atom. The molecular formula is C27H29N3O8S. The number of ether oxygens (including phenoxy) is 3. The Kier molecular flexibility index (Phi) is 8.57. The van der Waals surface area contributed by atoms with Crippen molar-refractivity contribution in [3.63, 3.8) is 0 Å². The number of hydrogen-bond donors (Lipinski definition) is 3. The molecule has 0 radical (unpaired) electrons. The van der Waals surface area contributed by atoms with E-state index in [4.69, 9.17) is 19.4 Å². The summed E-state index contributed by atoms with van der Waals surface area (Å²) in [6.07, 6.45) is 1.36. The molecule has 3 N–H and O–H groups in total. The third kappa shape index (κ3) is 6.24. The van der Waals surface area contributed by atoms with Crippen molar-refractivity contribution in [2.24, 2.45) is 0 Å². The highest BCUT2D eigenvalue weighted by molar-refractivity contribution is 7.92. The number of hydrogen-bond acceptors (Lipinski definition) is 8. The second-order valence-corrected chi connectivity index (χ2v) is 10.7. The summed E-state index contributed by atoms with van der Waals surface area (Å²) in [5.41, 5.74) is 2.78. The zero-order valence-corrected chi connectivity index (χ0v) is 22.3. The Morgan fingerprint density at radius 1 is 1.00 bits per heavy atom. The van der Waals surface area contributed by atoms with Crippen molar-refractivity contribution in [1.29, 1.82) is 0 Å². The number of hydroxylamine groups is 1. The van der Waals surface area contributed by atoms with E-state index in [2.05, 4.69) is 5.32 Å². The maximum Gasteiger partial charge on any atom is 0.276 e. The molecule has 0 atom stereocenters. The molecule has 0 bridgehead atoms. The van der Waals surface area contributed by atoms with E-state index in [-0.39, 0.29) is 28.8 Å². The first-order chi connectivity index (χ1) is 18.7. The van der Waals surface area contributed by atoms with Crippen molar-refractivity contribution in [2.45, 2.75) is 24.7 Å². The number of fused-ring (bicyclic) bond motifs is 1. The maximum absolute atomic E-state index is 13.2. The highest BCUT2D eigenvalue weighted by Crippen LogP contribution is 2.32. The summed E-state index contributed by atoms with van der Waals surface area (Å²) in [6, 6.07) is 15.7. The molecule has 12 heteroatoms. The SMILES string of the molecule is Cc1cccc(C(=O)NO)c1N(C)S(=O)(=O)c1ccc(OCCCCNC(=O)c2ccc3c(c2)OCO3)cc1. The summed E-state index contributed by atoms with van der Waals surface area (Å²) in [5.74, 6) is 0.652. The van der Waals surface area contributed by atoms with E-state index in [1.165, 1.54) is 25.2 Å². The summed E-state index contributed by atoms with van der Waals surface area (Å²) in [6.45, 7) is 2.68. The molecule has 0 saturated carbocycles. The lowest BCUT2D eigenvalue weighted by Gasteiger charge is -2.23. The monoisotopic (exact) mass is 555 g/mol. The Balaban J connectivity index is 1.27. The average molecular weight is 556 g/mol. The van der Waals surface area contributed by atoms with Gasteiger partial charge < -0.3 is 19.5 Å². The molecule has 0 spiro atoms. The average Bonchev–Trinajstić information content (AvgIpc) is 3.42. The van der Waals surface area contributed by atoms with Gasteiger partial charge in [-0.1, -0.05) is 12.1 Å². The largest absolute Gasteiger partial charge is 0.494 e. The Labute approximate surface area is 226 Å². The van der Waals surface area contributed by atoms with Crippen LogP contribution in [0.25, 0.3) is 0 Å². The molecule has 39 heavy (non-hydrogen) atoms. The van der Waals surface area contributed by atoms with Gasteiger partial charge in [0.2, 0.25) is 6.79 Å². The number of carbonyl (C=O) groups is 2. The van der Waals surface area contributed by atoms with Gasteiger partial charge in [-0.05, 0) is 73.9 Å². The van der Waals surface area contributed by atoms with Crippen LogP contribution in [0.2, 0.25) is 0 Å². The quantitative estimate of drug-likeness (QED) is 0.186. The Hall–Kier alpha value is -4.29. The van der Waals surface area contributed by atoms with Crippen LogP contribution in [0.3, 0.4) is 0 Å². The van der Waals surface area contributed by atoms with Gasteiger partial charge in [-0.15, -0.1) is 0 Å². The Bertz CT molecular complexity index is 1460. The van der Waals surface area contributed by atoms with Crippen LogP contribution in [-0.4, -0.2) is 52.4 Å². The van der Waals surface area contributed by atoms with Gasteiger partial charge in [-0.2, -0.15) is 0 Å². The zero-order chi connectivity index (χ0) is 28.0. The zero-order valence-electron chi connectivity index (χ0n) is 21.5. The van der Waals surface area contributed by atoms with Crippen LogP contribution in [0.1, 0.15) is 39.1 Å². The fraction of sp³-hybridized carbons (Fsp3) is 0.259. The van der Waals surface area contributed by atoms with Crippen LogP contribution < -0.4 is 29.3 Å². The molecule has 1 heterocycles. The Morgan fingerprint density at radius 2 is 1.74 bits per heavy atom. The smallest absolute Gasteiger partial charge is 0.276 e. The van der Waals surface area contributed by atoms with E-state index < -0.39 is 15.9 Å². The molecular weight excluding hydrogens is 526 g/mol. The fourth-order valence-corrected chi connectivity index (χ4v) is 5.34. The number of unbranched alkanes of at least 4 members (excludes halogenated alkanes) is 1. The van der Waals surface area contributed by atoms with Crippen molar-refractivity contribution < 1.29 is 37.4 Å². The molecule has 206 valence electrons. The van der Waals surface area contributed by atoms with Crippen molar-refractivity contribution in [3.8, 4) is 17.2 Å². The minimum atomic E-state index is -4.00. The van der Waals surface area contributed by atoms with Gasteiger partial charge in [-0.25, -0.2) is 13.9 Å². The second kappa shape index (κ2) is 12.0. The minimum absolute atomic E-state index is 0.0159. The van der Waals surface area contributed by atoms with Crippen LogP contribution in [0.5, 0.6) is 17.2 Å². The number of amides is 2. The molecule has 1 aliphatic rings. The number of anilines is 1.